The van der Waals surface area contributed by atoms with Crippen molar-refractivity contribution in [3.8, 4) is 22.3 Å². The van der Waals surface area contributed by atoms with E-state index < -0.39 is 0 Å². The Morgan fingerprint density at radius 2 is 0.763 bits per heavy atom. The molecule has 0 aliphatic heterocycles. The highest BCUT2D eigenvalue weighted by Gasteiger charge is 2.29. The number of aliphatic imine (C=N–C) groups is 2. The average Bonchev–Trinajstić information content (AvgIpc) is 3.46. The molecular weight excluding hydrogens is 462 g/mol. The van der Waals surface area contributed by atoms with Gasteiger partial charge in [0.2, 0.25) is 0 Å². The van der Waals surface area contributed by atoms with Gasteiger partial charge in [0.05, 0.1) is 22.8 Å². The number of hydrogen-bond acceptors (Lipinski definition) is 3. The maximum Gasteiger partial charge on any atom is 0.102 e. The topological polar surface area (TPSA) is 37.6 Å². The van der Waals surface area contributed by atoms with Crippen LogP contribution in [-0.4, -0.2) is 16.4 Å². The molecule has 0 fully saturated rings. The largest absolute Gasteiger partial charge is 0.275 e. The lowest BCUT2D eigenvalue weighted by Crippen LogP contribution is -2.08. The van der Waals surface area contributed by atoms with E-state index in [1.807, 2.05) is 12.1 Å². The van der Waals surface area contributed by atoms with Gasteiger partial charge in [-0.15, -0.1) is 0 Å². The van der Waals surface area contributed by atoms with E-state index in [1.54, 1.807) is 0 Å². The molecule has 0 saturated carbocycles. The van der Waals surface area contributed by atoms with Crippen LogP contribution >= 0.6 is 0 Å². The molecule has 0 amide bonds. The number of pyridine rings is 1. The van der Waals surface area contributed by atoms with Gasteiger partial charge in [0, 0.05) is 0 Å². The SMILES string of the molecule is CC(=NC1c2ccccc2-c2ccccc21)c1cccc(C(C)=NC2c3ccccc3-c3ccccc32)n1. The molecular formula is C35H27N3. The van der Waals surface area contributed by atoms with Crippen molar-refractivity contribution >= 4 is 11.4 Å². The number of fused-ring (bicyclic) bond motifs is 6. The summed E-state index contributed by atoms with van der Waals surface area (Å²) < 4.78 is 0. The van der Waals surface area contributed by atoms with E-state index in [0.29, 0.717) is 0 Å². The van der Waals surface area contributed by atoms with Gasteiger partial charge in [0.15, 0.2) is 0 Å². The van der Waals surface area contributed by atoms with Crippen LogP contribution in [0.2, 0.25) is 0 Å². The van der Waals surface area contributed by atoms with Crippen molar-refractivity contribution in [1.29, 1.82) is 0 Å². The van der Waals surface area contributed by atoms with E-state index in [-0.39, 0.29) is 12.1 Å². The quantitative estimate of drug-likeness (QED) is 0.234. The van der Waals surface area contributed by atoms with Crippen molar-refractivity contribution in [1.82, 2.24) is 4.98 Å². The number of rotatable bonds is 4. The summed E-state index contributed by atoms with van der Waals surface area (Å²) in [5, 5.41) is 0. The fourth-order valence-electron chi connectivity index (χ4n) is 5.89. The van der Waals surface area contributed by atoms with Crippen LogP contribution in [0.3, 0.4) is 0 Å². The first-order valence-electron chi connectivity index (χ1n) is 13.1. The van der Waals surface area contributed by atoms with Crippen LogP contribution in [0.25, 0.3) is 22.3 Å². The average molecular weight is 490 g/mol. The molecule has 182 valence electrons. The van der Waals surface area contributed by atoms with Crippen molar-refractivity contribution in [2.24, 2.45) is 9.98 Å². The molecule has 7 rings (SSSR count). The van der Waals surface area contributed by atoms with Gasteiger partial charge in [-0.05, 0) is 70.5 Å². The summed E-state index contributed by atoms with van der Waals surface area (Å²) in [7, 11) is 0. The van der Waals surface area contributed by atoms with Crippen LogP contribution in [0.5, 0.6) is 0 Å². The molecule has 0 bridgehead atoms. The predicted molar refractivity (Wildman–Crippen MR) is 156 cm³/mol. The number of aromatic nitrogens is 1. The summed E-state index contributed by atoms with van der Waals surface area (Å²) in [6.07, 6.45) is 0. The fraction of sp³-hybridized carbons (Fsp3) is 0.114. The normalized spacial score (nSPS) is 14.7. The lowest BCUT2D eigenvalue weighted by atomic mass is 10.1. The Balaban J connectivity index is 1.24. The molecule has 5 aromatic rings. The lowest BCUT2D eigenvalue weighted by molar-refractivity contribution is 0.896. The van der Waals surface area contributed by atoms with Crippen molar-refractivity contribution in [2.75, 3.05) is 0 Å². The molecule has 0 N–H and O–H groups in total. The van der Waals surface area contributed by atoms with Crippen molar-refractivity contribution in [3.63, 3.8) is 0 Å². The molecule has 0 atom stereocenters. The summed E-state index contributed by atoms with van der Waals surface area (Å²) in [4.78, 5) is 15.4. The summed E-state index contributed by atoms with van der Waals surface area (Å²) >= 11 is 0. The highest BCUT2D eigenvalue weighted by atomic mass is 14.9. The molecule has 2 aliphatic rings. The lowest BCUT2D eigenvalue weighted by Gasteiger charge is -2.12. The van der Waals surface area contributed by atoms with E-state index in [4.69, 9.17) is 15.0 Å². The second kappa shape index (κ2) is 9.04. The van der Waals surface area contributed by atoms with E-state index in [0.717, 1.165) is 22.8 Å². The van der Waals surface area contributed by atoms with E-state index in [9.17, 15) is 0 Å². The van der Waals surface area contributed by atoms with Gasteiger partial charge >= 0.3 is 0 Å². The highest BCUT2D eigenvalue weighted by Crippen LogP contribution is 2.46. The predicted octanol–water partition coefficient (Wildman–Crippen LogP) is 8.24. The fourth-order valence-corrected chi connectivity index (χ4v) is 5.89. The molecule has 3 heteroatoms. The van der Waals surface area contributed by atoms with Crippen LogP contribution in [0.15, 0.2) is 125 Å². The standard InChI is InChI=1S/C35H27N3/c1-22(36-34-28-16-7-3-12-24(28)25-13-4-8-17-29(25)34)32-20-11-21-33(38-32)23(2)37-35-30-18-9-5-14-26(30)27-15-6-10-19-31(27)35/h3-21,34-35H,1-2H3. The summed E-state index contributed by atoms with van der Waals surface area (Å²) in [6.45, 7) is 4.12. The van der Waals surface area contributed by atoms with Crippen LogP contribution < -0.4 is 0 Å². The van der Waals surface area contributed by atoms with E-state index >= 15 is 0 Å². The zero-order valence-corrected chi connectivity index (χ0v) is 21.5. The molecule has 1 heterocycles. The Bertz CT molecular complexity index is 1540. The molecule has 0 radical (unpaired) electrons. The van der Waals surface area contributed by atoms with Crippen LogP contribution in [0, 0.1) is 0 Å². The molecule has 38 heavy (non-hydrogen) atoms. The Hall–Kier alpha value is -4.63. The first kappa shape index (κ1) is 22.6. The van der Waals surface area contributed by atoms with Crippen LogP contribution in [-0.2, 0) is 0 Å². The first-order valence-corrected chi connectivity index (χ1v) is 13.1. The monoisotopic (exact) mass is 489 g/mol. The number of benzene rings is 4. The van der Waals surface area contributed by atoms with Crippen molar-refractivity contribution in [2.45, 2.75) is 25.9 Å². The minimum absolute atomic E-state index is 0.0193. The highest BCUT2D eigenvalue weighted by molar-refractivity contribution is 6.01. The van der Waals surface area contributed by atoms with Gasteiger partial charge in [0.25, 0.3) is 0 Å². The summed E-state index contributed by atoms with van der Waals surface area (Å²) in [5.74, 6) is 0. The smallest absolute Gasteiger partial charge is 0.102 e. The summed E-state index contributed by atoms with van der Waals surface area (Å²) in [6, 6.07) is 40.4. The van der Waals surface area contributed by atoms with Gasteiger partial charge < -0.3 is 0 Å². The molecule has 0 saturated heterocycles. The minimum atomic E-state index is -0.0193. The second-order valence-electron chi connectivity index (χ2n) is 9.99. The van der Waals surface area contributed by atoms with Crippen LogP contribution in [0.4, 0.5) is 0 Å². The van der Waals surface area contributed by atoms with Gasteiger partial charge in [-0.3, -0.25) is 9.98 Å². The third kappa shape index (κ3) is 3.62. The number of nitrogens with zero attached hydrogens (tertiary/aromatic N) is 3. The maximum atomic E-state index is 5.21. The Morgan fingerprint density at radius 3 is 1.11 bits per heavy atom. The molecule has 3 nitrogen and oxygen atoms in total. The Labute approximate surface area is 223 Å². The molecule has 0 spiro atoms. The first-order chi connectivity index (χ1) is 18.7. The number of hydrogen-bond donors (Lipinski definition) is 0. The van der Waals surface area contributed by atoms with Crippen LogP contribution in [0.1, 0.15) is 59.6 Å². The zero-order valence-electron chi connectivity index (χ0n) is 21.5. The van der Waals surface area contributed by atoms with E-state index in [1.165, 1.54) is 44.5 Å². The molecule has 4 aromatic carbocycles. The van der Waals surface area contributed by atoms with Gasteiger partial charge in [-0.2, -0.15) is 0 Å². The third-order valence-electron chi connectivity index (χ3n) is 7.74. The van der Waals surface area contributed by atoms with Crippen molar-refractivity contribution < 1.29 is 0 Å². The third-order valence-corrected chi connectivity index (χ3v) is 7.74. The molecule has 2 aliphatic carbocycles. The zero-order chi connectivity index (χ0) is 25.6. The van der Waals surface area contributed by atoms with Gasteiger partial charge in [-0.1, -0.05) is 103 Å². The molecule has 0 unspecified atom stereocenters. The second-order valence-corrected chi connectivity index (χ2v) is 9.99. The minimum Gasteiger partial charge on any atom is -0.275 e. The van der Waals surface area contributed by atoms with Gasteiger partial charge in [-0.25, -0.2) is 4.98 Å². The van der Waals surface area contributed by atoms with Gasteiger partial charge in [0.1, 0.15) is 12.1 Å². The molecule has 1 aromatic heterocycles. The maximum absolute atomic E-state index is 5.21. The Morgan fingerprint density at radius 1 is 0.447 bits per heavy atom. The van der Waals surface area contributed by atoms with E-state index in [2.05, 4.69) is 117 Å². The summed E-state index contributed by atoms with van der Waals surface area (Å²) in [5.41, 5.74) is 13.7. The Kier molecular flexibility index (Phi) is 5.36. The van der Waals surface area contributed by atoms with Crippen molar-refractivity contribution in [3.05, 3.63) is 149 Å².